The van der Waals surface area contributed by atoms with Crippen molar-refractivity contribution in [2.45, 2.75) is 40.8 Å². The van der Waals surface area contributed by atoms with E-state index in [1.807, 2.05) is 44.4 Å². The molecule has 0 aliphatic heterocycles. The van der Waals surface area contributed by atoms with Gasteiger partial charge in [-0.05, 0) is 51.5 Å². The molecule has 1 amide bonds. The van der Waals surface area contributed by atoms with Gasteiger partial charge in [0, 0.05) is 13.1 Å². The van der Waals surface area contributed by atoms with Crippen LogP contribution in [0.5, 0.6) is 0 Å². The predicted octanol–water partition coefficient (Wildman–Crippen LogP) is 3.14. The van der Waals surface area contributed by atoms with Gasteiger partial charge in [-0.25, -0.2) is 4.98 Å². The van der Waals surface area contributed by atoms with Crippen molar-refractivity contribution >= 4 is 22.9 Å². The Morgan fingerprint density at radius 3 is 2.65 bits per heavy atom. The molecule has 2 heterocycles. The summed E-state index contributed by atoms with van der Waals surface area (Å²) in [6, 6.07) is 7.91. The molecule has 0 aliphatic rings. The van der Waals surface area contributed by atoms with Crippen molar-refractivity contribution in [3.8, 4) is 0 Å². The van der Waals surface area contributed by atoms with Crippen LogP contribution in [0, 0.1) is 13.8 Å². The molecule has 23 heavy (non-hydrogen) atoms. The van der Waals surface area contributed by atoms with E-state index in [0.717, 1.165) is 28.8 Å². The van der Waals surface area contributed by atoms with Gasteiger partial charge in [0.15, 0.2) is 0 Å². The van der Waals surface area contributed by atoms with Gasteiger partial charge in [-0.3, -0.25) is 14.8 Å². The first-order valence-electron chi connectivity index (χ1n) is 7.86. The van der Waals surface area contributed by atoms with E-state index in [9.17, 15) is 4.79 Å². The average Bonchev–Trinajstić information content (AvgIpc) is 3.06. The molecule has 0 atom stereocenters. The fraction of sp³-hybridized carbons (Fsp3) is 0.353. The first-order chi connectivity index (χ1) is 11.0. The molecule has 1 N–H and O–H groups in total. The van der Waals surface area contributed by atoms with Crippen LogP contribution >= 0.6 is 0 Å². The molecule has 2 aromatic heterocycles. The van der Waals surface area contributed by atoms with Crippen LogP contribution in [0.4, 0.5) is 5.95 Å². The number of aromatic nitrogens is 4. The third-order valence-electron chi connectivity index (χ3n) is 3.88. The van der Waals surface area contributed by atoms with Crippen LogP contribution in [0.1, 0.15) is 35.6 Å². The average molecular weight is 311 g/mol. The molecule has 3 rings (SSSR count). The molecule has 0 spiro atoms. The second-order valence-electron chi connectivity index (χ2n) is 5.61. The number of carbonyl (C=O) groups excluding carboxylic acids is 1. The van der Waals surface area contributed by atoms with Crippen molar-refractivity contribution in [1.29, 1.82) is 0 Å². The van der Waals surface area contributed by atoms with E-state index in [0.29, 0.717) is 18.2 Å². The largest absolute Gasteiger partial charge is 0.310 e. The molecule has 0 saturated carbocycles. The smallest absolute Gasteiger partial charge is 0.276 e. The standard InChI is InChI=1S/C17H21N5O/c1-5-21-14-8-7-11(3)9-13(14)18-17(21)19-16(23)15-10-12(4)20-22(15)6-2/h7-10H,5-6H2,1-4H3,(H,18,19,23). The summed E-state index contributed by atoms with van der Waals surface area (Å²) in [4.78, 5) is 17.2. The molecule has 0 fully saturated rings. The normalized spacial score (nSPS) is 11.1. The molecular weight excluding hydrogens is 290 g/mol. The number of carbonyl (C=O) groups is 1. The number of amides is 1. The Balaban J connectivity index is 1.99. The first-order valence-corrected chi connectivity index (χ1v) is 7.86. The molecule has 1 aromatic carbocycles. The maximum Gasteiger partial charge on any atom is 0.276 e. The van der Waals surface area contributed by atoms with Gasteiger partial charge in [0.2, 0.25) is 5.95 Å². The lowest BCUT2D eigenvalue weighted by molar-refractivity contribution is 0.101. The van der Waals surface area contributed by atoms with Gasteiger partial charge in [-0.15, -0.1) is 0 Å². The van der Waals surface area contributed by atoms with Crippen molar-refractivity contribution in [3.05, 3.63) is 41.2 Å². The monoisotopic (exact) mass is 311 g/mol. The second-order valence-corrected chi connectivity index (χ2v) is 5.61. The minimum Gasteiger partial charge on any atom is -0.310 e. The van der Waals surface area contributed by atoms with Gasteiger partial charge in [0.05, 0.1) is 16.7 Å². The molecule has 0 saturated heterocycles. The summed E-state index contributed by atoms with van der Waals surface area (Å²) in [6.45, 7) is 9.31. The number of imidazole rings is 1. The Labute approximate surface area is 135 Å². The summed E-state index contributed by atoms with van der Waals surface area (Å²) in [5, 5.41) is 7.24. The molecular formula is C17H21N5O. The van der Waals surface area contributed by atoms with E-state index in [1.54, 1.807) is 10.7 Å². The number of anilines is 1. The van der Waals surface area contributed by atoms with Gasteiger partial charge in [0.25, 0.3) is 5.91 Å². The SMILES string of the molecule is CCn1nc(C)cc1C(=O)Nc1nc2cc(C)ccc2n1CC. The minimum atomic E-state index is -0.186. The lowest BCUT2D eigenvalue weighted by atomic mass is 10.2. The maximum absolute atomic E-state index is 12.6. The van der Waals surface area contributed by atoms with E-state index >= 15 is 0 Å². The van der Waals surface area contributed by atoms with E-state index in [-0.39, 0.29) is 5.91 Å². The lowest BCUT2D eigenvalue weighted by Crippen LogP contribution is -2.19. The number of benzene rings is 1. The summed E-state index contributed by atoms with van der Waals surface area (Å²) in [7, 11) is 0. The van der Waals surface area contributed by atoms with Crippen molar-refractivity contribution in [3.63, 3.8) is 0 Å². The van der Waals surface area contributed by atoms with Gasteiger partial charge in [-0.1, -0.05) is 6.07 Å². The molecule has 0 radical (unpaired) electrons. The van der Waals surface area contributed by atoms with Crippen LogP contribution < -0.4 is 5.32 Å². The summed E-state index contributed by atoms with van der Waals surface area (Å²) >= 11 is 0. The first kappa shape index (κ1) is 15.3. The summed E-state index contributed by atoms with van der Waals surface area (Å²) in [5.74, 6) is 0.383. The number of hydrogen-bond donors (Lipinski definition) is 1. The highest BCUT2D eigenvalue weighted by atomic mass is 16.2. The second kappa shape index (κ2) is 5.87. The fourth-order valence-electron chi connectivity index (χ4n) is 2.79. The van der Waals surface area contributed by atoms with Crippen LogP contribution in [-0.2, 0) is 13.1 Å². The Kier molecular flexibility index (Phi) is 3.90. The van der Waals surface area contributed by atoms with E-state index < -0.39 is 0 Å². The zero-order valence-electron chi connectivity index (χ0n) is 13.9. The molecule has 3 aromatic rings. The van der Waals surface area contributed by atoms with Gasteiger partial charge in [0.1, 0.15) is 5.69 Å². The minimum absolute atomic E-state index is 0.186. The van der Waals surface area contributed by atoms with Crippen LogP contribution in [0.15, 0.2) is 24.3 Å². The van der Waals surface area contributed by atoms with Crippen molar-refractivity contribution < 1.29 is 4.79 Å². The molecule has 6 nitrogen and oxygen atoms in total. The number of fused-ring (bicyclic) bond motifs is 1. The van der Waals surface area contributed by atoms with E-state index in [1.165, 1.54) is 0 Å². The van der Waals surface area contributed by atoms with Crippen LogP contribution in [0.3, 0.4) is 0 Å². The topological polar surface area (TPSA) is 64.7 Å². The summed E-state index contributed by atoms with van der Waals surface area (Å²) < 4.78 is 3.71. The fourth-order valence-corrected chi connectivity index (χ4v) is 2.79. The molecule has 0 unspecified atom stereocenters. The number of nitrogens with zero attached hydrogens (tertiary/aromatic N) is 4. The number of rotatable bonds is 4. The molecule has 0 aliphatic carbocycles. The van der Waals surface area contributed by atoms with Gasteiger partial charge >= 0.3 is 0 Å². The maximum atomic E-state index is 12.6. The Morgan fingerprint density at radius 2 is 1.96 bits per heavy atom. The Hall–Kier alpha value is -2.63. The highest BCUT2D eigenvalue weighted by molar-refractivity contribution is 6.03. The zero-order chi connectivity index (χ0) is 16.6. The lowest BCUT2D eigenvalue weighted by Gasteiger charge is -2.08. The van der Waals surface area contributed by atoms with E-state index in [4.69, 9.17) is 0 Å². The van der Waals surface area contributed by atoms with E-state index in [2.05, 4.69) is 21.5 Å². The highest BCUT2D eigenvalue weighted by Crippen LogP contribution is 2.21. The van der Waals surface area contributed by atoms with Crippen LogP contribution in [0.25, 0.3) is 11.0 Å². The van der Waals surface area contributed by atoms with Crippen LogP contribution in [0.2, 0.25) is 0 Å². The Morgan fingerprint density at radius 1 is 1.17 bits per heavy atom. The van der Waals surface area contributed by atoms with Crippen molar-refractivity contribution in [2.75, 3.05) is 5.32 Å². The summed E-state index contributed by atoms with van der Waals surface area (Å²) in [5.41, 5.74) is 4.44. The zero-order valence-corrected chi connectivity index (χ0v) is 13.9. The Bertz CT molecular complexity index is 875. The number of hydrogen-bond acceptors (Lipinski definition) is 3. The number of nitrogens with one attached hydrogen (secondary N) is 1. The number of aryl methyl sites for hydroxylation is 4. The van der Waals surface area contributed by atoms with Crippen molar-refractivity contribution in [1.82, 2.24) is 19.3 Å². The quantitative estimate of drug-likeness (QED) is 0.805. The van der Waals surface area contributed by atoms with Gasteiger partial charge in [-0.2, -0.15) is 5.10 Å². The highest BCUT2D eigenvalue weighted by Gasteiger charge is 2.17. The molecule has 0 bridgehead atoms. The van der Waals surface area contributed by atoms with Gasteiger partial charge < -0.3 is 4.57 Å². The predicted molar refractivity (Wildman–Crippen MR) is 90.7 cm³/mol. The van der Waals surface area contributed by atoms with Crippen molar-refractivity contribution in [2.24, 2.45) is 0 Å². The molecule has 120 valence electrons. The van der Waals surface area contributed by atoms with Crippen LogP contribution in [-0.4, -0.2) is 25.2 Å². The summed E-state index contributed by atoms with van der Waals surface area (Å²) in [6.07, 6.45) is 0. The third-order valence-corrected chi connectivity index (χ3v) is 3.88. The third kappa shape index (κ3) is 2.72. The molecule has 6 heteroatoms.